The van der Waals surface area contributed by atoms with E-state index in [1.54, 1.807) is 0 Å². The first-order chi connectivity index (χ1) is 8.42. The molecule has 0 aromatic carbocycles. The molecule has 0 bridgehead atoms. The minimum atomic E-state index is 0.370. The quantitative estimate of drug-likeness (QED) is 0.634. The molecule has 3 nitrogen and oxygen atoms in total. The van der Waals surface area contributed by atoms with Crippen LogP contribution in [0, 0.1) is 5.92 Å². The van der Waals surface area contributed by atoms with Gasteiger partial charge in [-0.25, -0.2) is 0 Å². The number of ether oxygens (including phenoxy) is 2. The molecule has 3 heteroatoms. The zero-order chi connectivity index (χ0) is 11.2. The van der Waals surface area contributed by atoms with Crippen LogP contribution in [0.5, 0.6) is 0 Å². The standard InChI is InChI=1S/C14H13NO2/c1-2-5-15-6-4-10-7-13-14(17-9-16-13)8-11(10)12(15)3-1/h1-7,11-12H,8-9H2. The largest absolute Gasteiger partial charge is 0.458 e. The second-order valence-corrected chi connectivity index (χ2v) is 4.63. The first kappa shape index (κ1) is 9.16. The fraction of sp³-hybridized carbons (Fsp3) is 0.286. The Kier molecular flexibility index (Phi) is 1.78. The van der Waals surface area contributed by atoms with Gasteiger partial charge < -0.3 is 14.4 Å². The van der Waals surface area contributed by atoms with E-state index in [9.17, 15) is 0 Å². The summed E-state index contributed by atoms with van der Waals surface area (Å²) < 4.78 is 11.0. The lowest BCUT2D eigenvalue weighted by molar-refractivity contribution is 0.0710. The van der Waals surface area contributed by atoms with Crippen LogP contribution >= 0.6 is 0 Å². The monoisotopic (exact) mass is 227 g/mol. The Bertz CT molecular complexity index is 510. The van der Waals surface area contributed by atoms with Gasteiger partial charge in [-0.3, -0.25) is 0 Å². The van der Waals surface area contributed by atoms with Gasteiger partial charge in [-0.2, -0.15) is 0 Å². The fourth-order valence-corrected chi connectivity index (χ4v) is 2.85. The second kappa shape index (κ2) is 3.29. The van der Waals surface area contributed by atoms with E-state index in [1.165, 1.54) is 5.57 Å². The lowest BCUT2D eigenvalue weighted by atomic mass is 9.80. The van der Waals surface area contributed by atoms with Crippen molar-refractivity contribution >= 4 is 0 Å². The Morgan fingerprint density at radius 1 is 1.18 bits per heavy atom. The van der Waals surface area contributed by atoms with Crippen molar-refractivity contribution in [1.82, 2.24) is 4.90 Å². The maximum Gasteiger partial charge on any atom is 0.230 e. The molecule has 0 aromatic heterocycles. The summed E-state index contributed by atoms with van der Waals surface area (Å²) in [6, 6.07) is 0.412. The van der Waals surface area contributed by atoms with Gasteiger partial charge >= 0.3 is 0 Å². The van der Waals surface area contributed by atoms with Crippen LogP contribution in [0.2, 0.25) is 0 Å². The molecule has 2 unspecified atom stereocenters. The van der Waals surface area contributed by atoms with Crippen LogP contribution in [0.3, 0.4) is 0 Å². The summed E-state index contributed by atoms with van der Waals surface area (Å²) in [4.78, 5) is 2.25. The first-order valence-corrected chi connectivity index (χ1v) is 5.93. The fourth-order valence-electron chi connectivity index (χ4n) is 2.85. The highest BCUT2D eigenvalue weighted by atomic mass is 16.7. The Hall–Kier alpha value is -1.90. The third-order valence-electron chi connectivity index (χ3n) is 3.73. The molecule has 0 spiro atoms. The first-order valence-electron chi connectivity index (χ1n) is 5.93. The van der Waals surface area contributed by atoms with Crippen molar-refractivity contribution in [1.29, 1.82) is 0 Å². The maximum absolute atomic E-state index is 5.51. The highest BCUT2D eigenvalue weighted by molar-refractivity contribution is 5.41. The van der Waals surface area contributed by atoms with Crippen LogP contribution in [0.25, 0.3) is 0 Å². The average Bonchev–Trinajstić information content (AvgIpc) is 2.83. The van der Waals surface area contributed by atoms with E-state index in [1.807, 2.05) is 0 Å². The van der Waals surface area contributed by atoms with Crippen molar-refractivity contribution in [3.63, 3.8) is 0 Å². The van der Waals surface area contributed by atoms with Crippen molar-refractivity contribution in [3.8, 4) is 0 Å². The Morgan fingerprint density at radius 3 is 3.18 bits per heavy atom. The molecule has 0 fully saturated rings. The smallest absolute Gasteiger partial charge is 0.230 e. The van der Waals surface area contributed by atoms with Gasteiger partial charge in [0.15, 0.2) is 5.76 Å². The number of hydrogen-bond acceptors (Lipinski definition) is 3. The summed E-state index contributed by atoms with van der Waals surface area (Å²) in [5.41, 5.74) is 1.34. The van der Waals surface area contributed by atoms with Gasteiger partial charge in [0.25, 0.3) is 0 Å². The van der Waals surface area contributed by atoms with Crippen LogP contribution in [-0.2, 0) is 9.47 Å². The summed E-state index contributed by atoms with van der Waals surface area (Å²) >= 11 is 0. The van der Waals surface area contributed by atoms with E-state index in [2.05, 4.69) is 47.7 Å². The summed E-state index contributed by atoms with van der Waals surface area (Å²) in [6.07, 6.45) is 15.9. The summed E-state index contributed by atoms with van der Waals surface area (Å²) in [7, 11) is 0. The predicted octanol–water partition coefficient (Wildman–Crippen LogP) is 2.43. The van der Waals surface area contributed by atoms with Gasteiger partial charge in [0, 0.05) is 24.7 Å². The summed E-state index contributed by atoms with van der Waals surface area (Å²) in [6.45, 7) is 0.370. The van der Waals surface area contributed by atoms with Crippen LogP contribution in [0.1, 0.15) is 6.42 Å². The van der Waals surface area contributed by atoms with Gasteiger partial charge in [-0.05, 0) is 23.8 Å². The van der Waals surface area contributed by atoms with E-state index >= 15 is 0 Å². The van der Waals surface area contributed by atoms with Crippen molar-refractivity contribution in [2.24, 2.45) is 5.92 Å². The van der Waals surface area contributed by atoms with E-state index in [0.29, 0.717) is 18.8 Å². The van der Waals surface area contributed by atoms with Gasteiger partial charge in [0.05, 0.1) is 6.04 Å². The molecule has 3 heterocycles. The Morgan fingerprint density at radius 2 is 2.18 bits per heavy atom. The van der Waals surface area contributed by atoms with Crippen molar-refractivity contribution < 1.29 is 9.47 Å². The molecule has 0 radical (unpaired) electrons. The van der Waals surface area contributed by atoms with Gasteiger partial charge in [0.1, 0.15) is 5.76 Å². The lowest BCUT2D eigenvalue weighted by Crippen LogP contribution is -2.38. The van der Waals surface area contributed by atoms with E-state index < -0.39 is 0 Å². The molecule has 0 amide bonds. The van der Waals surface area contributed by atoms with Crippen LogP contribution in [0.15, 0.2) is 59.9 Å². The highest BCUT2D eigenvalue weighted by Gasteiger charge is 2.35. The molecule has 4 rings (SSSR count). The van der Waals surface area contributed by atoms with E-state index in [4.69, 9.17) is 9.47 Å². The number of hydrogen-bond donors (Lipinski definition) is 0. The topological polar surface area (TPSA) is 21.7 Å². The zero-order valence-corrected chi connectivity index (χ0v) is 9.37. The molecular weight excluding hydrogens is 214 g/mol. The number of fused-ring (bicyclic) bond motifs is 3. The van der Waals surface area contributed by atoms with E-state index in [0.717, 1.165) is 17.9 Å². The molecule has 17 heavy (non-hydrogen) atoms. The van der Waals surface area contributed by atoms with Gasteiger partial charge in [-0.1, -0.05) is 12.2 Å². The van der Waals surface area contributed by atoms with E-state index in [-0.39, 0.29) is 0 Å². The third-order valence-corrected chi connectivity index (χ3v) is 3.73. The van der Waals surface area contributed by atoms with Gasteiger partial charge in [-0.15, -0.1) is 0 Å². The number of allylic oxidation sites excluding steroid dienone is 5. The zero-order valence-electron chi connectivity index (χ0n) is 9.37. The second-order valence-electron chi connectivity index (χ2n) is 4.63. The molecule has 0 N–H and O–H groups in total. The molecule has 0 saturated heterocycles. The molecular formula is C14H13NO2. The minimum absolute atomic E-state index is 0.370. The molecule has 86 valence electrons. The van der Waals surface area contributed by atoms with Crippen molar-refractivity contribution in [2.45, 2.75) is 12.5 Å². The van der Waals surface area contributed by atoms with Crippen LogP contribution in [0.4, 0.5) is 0 Å². The number of rotatable bonds is 0. The predicted molar refractivity (Wildman–Crippen MR) is 63.3 cm³/mol. The molecule has 0 aromatic rings. The lowest BCUT2D eigenvalue weighted by Gasteiger charge is -2.39. The SMILES string of the molecule is C1=CC2C3CC4=C(C=C3C=CN2C=C1)OCO4. The van der Waals surface area contributed by atoms with Gasteiger partial charge in [0.2, 0.25) is 6.79 Å². The average molecular weight is 227 g/mol. The maximum atomic E-state index is 5.51. The van der Waals surface area contributed by atoms with Crippen LogP contribution in [-0.4, -0.2) is 17.7 Å². The summed E-state index contributed by atoms with van der Waals surface area (Å²) in [5, 5.41) is 0. The highest BCUT2D eigenvalue weighted by Crippen LogP contribution is 2.40. The molecule has 2 atom stereocenters. The molecule has 0 saturated carbocycles. The molecule has 1 aliphatic carbocycles. The molecule has 4 aliphatic rings. The summed E-state index contributed by atoms with van der Waals surface area (Å²) in [5.74, 6) is 2.41. The third kappa shape index (κ3) is 1.28. The number of nitrogens with zero attached hydrogens (tertiary/aromatic N) is 1. The Labute approximate surface area is 100.0 Å². The van der Waals surface area contributed by atoms with Crippen molar-refractivity contribution in [2.75, 3.05) is 6.79 Å². The molecule has 3 aliphatic heterocycles. The Balaban J connectivity index is 1.75. The van der Waals surface area contributed by atoms with Crippen LogP contribution < -0.4 is 0 Å². The van der Waals surface area contributed by atoms with Crippen molar-refractivity contribution in [3.05, 3.63) is 59.9 Å². The minimum Gasteiger partial charge on any atom is -0.458 e. The normalized spacial score (nSPS) is 32.5.